The normalized spacial score (nSPS) is 13.4. The fourth-order valence-corrected chi connectivity index (χ4v) is 3.25. The molecule has 0 aromatic carbocycles. The van der Waals surface area contributed by atoms with Crippen molar-refractivity contribution in [2.75, 3.05) is 7.05 Å². The van der Waals surface area contributed by atoms with E-state index < -0.39 is 0 Å². The predicted octanol–water partition coefficient (Wildman–Crippen LogP) is 4.08. The number of nitrogens with one attached hydrogen (secondary N) is 1. The van der Waals surface area contributed by atoms with Crippen LogP contribution in [-0.4, -0.2) is 13.1 Å². The number of aryl methyl sites for hydroxylation is 1. The molecule has 0 fully saturated rings. The van der Waals surface area contributed by atoms with Crippen LogP contribution < -0.4 is 5.32 Å². The summed E-state index contributed by atoms with van der Waals surface area (Å²) < 4.78 is 1.24. The fraction of sp³-hybridized carbons (Fsp3) is 0.667. The van der Waals surface area contributed by atoms with Gasteiger partial charge in [0.2, 0.25) is 0 Å². The van der Waals surface area contributed by atoms with Crippen LogP contribution in [0.5, 0.6) is 0 Å². The molecule has 0 aliphatic heterocycles. The molecular formula is C12H20BrNS. The molecule has 1 aromatic rings. The summed E-state index contributed by atoms with van der Waals surface area (Å²) in [4.78, 5) is 1.48. The van der Waals surface area contributed by atoms with Crippen LogP contribution in [0.3, 0.4) is 0 Å². The molecule has 0 saturated heterocycles. The highest BCUT2D eigenvalue weighted by Gasteiger charge is 2.09. The van der Waals surface area contributed by atoms with Crippen molar-refractivity contribution in [1.82, 2.24) is 5.32 Å². The van der Waals surface area contributed by atoms with Crippen LogP contribution in [0.2, 0.25) is 0 Å². The molecule has 0 bridgehead atoms. The standard InChI is InChI=1S/C12H20BrNS/c1-9(2)8-10(14-3)4-5-11-6-7-12(13)15-11/h6-7,9-10,14H,4-5,8H2,1-3H3. The minimum atomic E-state index is 0.658. The molecule has 3 heteroatoms. The van der Waals surface area contributed by atoms with Gasteiger partial charge in [-0.3, -0.25) is 0 Å². The van der Waals surface area contributed by atoms with Crippen LogP contribution in [-0.2, 0) is 6.42 Å². The summed E-state index contributed by atoms with van der Waals surface area (Å²) >= 11 is 5.35. The summed E-state index contributed by atoms with van der Waals surface area (Å²) in [6, 6.07) is 5.01. The molecule has 1 nitrogen and oxygen atoms in total. The van der Waals surface area contributed by atoms with Gasteiger partial charge in [-0.1, -0.05) is 13.8 Å². The molecule has 0 aliphatic rings. The Labute approximate surface area is 105 Å². The lowest BCUT2D eigenvalue weighted by atomic mass is 10.00. The van der Waals surface area contributed by atoms with Crippen molar-refractivity contribution in [1.29, 1.82) is 0 Å². The minimum Gasteiger partial charge on any atom is -0.317 e. The van der Waals surface area contributed by atoms with Crippen molar-refractivity contribution in [3.05, 3.63) is 20.8 Å². The lowest BCUT2D eigenvalue weighted by molar-refractivity contribution is 0.422. The van der Waals surface area contributed by atoms with E-state index in [1.165, 1.54) is 27.9 Å². The van der Waals surface area contributed by atoms with Crippen molar-refractivity contribution in [2.24, 2.45) is 5.92 Å². The summed E-state index contributed by atoms with van der Waals surface area (Å²) in [7, 11) is 2.07. The first kappa shape index (κ1) is 13.2. The zero-order valence-corrected chi connectivity index (χ0v) is 12.1. The molecule has 15 heavy (non-hydrogen) atoms. The topological polar surface area (TPSA) is 12.0 Å². The van der Waals surface area contributed by atoms with Gasteiger partial charge in [-0.05, 0) is 60.3 Å². The number of hydrogen-bond donors (Lipinski definition) is 1. The zero-order chi connectivity index (χ0) is 11.3. The largest absolute Gasteiger partial charge is 0.317 e. The third-order valence-corrected chi connectivity index (χ3v) is 4.22. The predicted molar refractivity (Wildman–Crippen MR) is 72.6 cm³/mol. The highest BCUT2D eigenvalue weighted by atomic mass is 79.9. The van der Waals surface area contributed by atoms with Gasteiger partial charge in [-0.25, -0.2) is 0 Å². The van der Waals surface area contributed by atoms with E-state index in [9.17, 15) is 0 Å². The quantitative estimate of drug-likeness (QED) is 0.832. The zero-order valence-electron chi connectivity index (χ0n) is 9.72. The fourth-order valence-electron chi connectivity index (χ4n) is 1.75. The van der Waals surface area contributed by atoms with Crippen LogP contribution >= 0.6 is 27.3 Å². The summed E-state index contributed by atoms with van der Waals surface area (Å²) in [5.41, 5.74) is 0. The first-order valence-electron chi connectivity index (χ1n) is 5.53. The summed E-state index contributed by atoms with van der Waals surface area (Å²) in [6.07, 6.45) is 3.69. The van der Waals surface area contributed by atoms with Crippen molar-refractivity contribution >= 4 is 27.3 Å². The minimum absolute atomic E-state index is 0.658. The van der Waals surface area contributed by atoms with E-state index in [1.807, 2.05) is 11.3 Å². The van der Waals surface area contributed by atoms with E-state index in [0.717, 1.165) is 5.92 Å². The Bertz CT molecular complexity index is 283. The van der Waals surface area contributed by atoms with Crippen LogP contribution in [0.25, 0.3) is 0 Å². The molecule has 1 heterocycles. The Morgan fingerprint density at radius 2 is 2.13 bits per heavy atom. The van der Waals surface area contributed by atoms with Gasteiger partial charge in [0, 0.05) is 10.9 Å². The summed E-state index contributed by atoms with van der Waals surface area (Å²) in [5, 5.41) is 3.40. The average Bonchev–Trinajstić information content (AvgIpc) is 2.58. The van der Waals surface area contributed by atoms with Gasteiger partial charge in [0.15, 0.2) is 0 Å². The second-order valence-electron chi connectivity index (χ2n) is 4.36. The van der Waals surface area contributed by atoms with Gasteiger partial charge in [0.05, 0.1) is 3.79 Å². The second kappa shape index (κ2) is 6.66. The number of halogens is 1. The van der Waals surface area contributed by atoms with E-state index in [-0.39, 0.29) is 0 Å². The Morgan fingerprint density at radius 3 is 2.60 bits per heavy atom. The van der Waals surface area contributed by atoms with Gasteiger partial charge in [0.1, 0.15) is 0 Å². The lowest BCUT2D eigenvalue weighted by Gasteiger charge is -2.17. The van der Waals surface area contributed by atoms with Gasteiger partial charge < -0.3 is 5.32 Å². The molecule has 86 valence electrons. The molecule has 0 spiro atoms. The van der Waals surface area contributed by atoms with Gasteiger partial charge >= 0.3 is 0 Å². The van der Waals surface area contributed by atoms with Crippen molar-refractivity contribution < 1.29 is 0 Å². The van der Waals surface area contributed by atoms with E-state index in [1.54, 1.807) is 0 Å². The van der Waals surface area contributed by atoms with Crippen LogP contribution in [0.4, 0.5) is 0 Å². The Balaban J connectivity index is 2.34. The maximum atomic E-state index is 3.50. The van der Waals surface area contributed by atoms with Gasteiger partial charge in [0.25, 0.3) is 0 Å². The maximum Gasteiger partial charge on any atom is 0.0701 e. The van der Waals surface area contributed by atoms with Crippen LogP contribution in [0.1, 0.15) is 31.6 Å². The first-order valence-corrected chi connectivity index (χ1v) is 7.14. The third kappa shape index (κ3) is 5.14. The van der Waals surface area contributed by atoms with E-state index in [4.69, 9.17) is 0 Å². The Hall–Kier alpha value is 0.140. The molecule has 1 N–H and O–H groups in total. The summed E-state index contributed by atoms with van der Waals surface area (Å²) in [5.74, 6) is 0.775. The molecule has 0 radical (unpaired) electrons. The Morgan fingerprint density at radius 1 is 1.40 bits per heavy atom. The number of hydrogen-bond acceptors (Lipinski definition) is 2. The maximum absolute atomic E-state index is 3.50. The van der Waals surface area contributed by atoms with E-state index in [0.29, 0.717) is 6.04 Å². The first-order chi connectivity index (χ1) is 7.11. The molecule has 1 aromatic heterocycles. The van der Waals surface area contributed by atoms with Gasteiger partial charge in [-0.15, -0.1) is 11.3 Å². The SMILES string of the molecule is CNC(CCc1ccc(Br)s1)CC(C)C. The number of rotatable bonds is 6. The molecule has 1 atom stereocenters. The Kier molecular flexibility index (Phi) is 5.87. The highest BCUT2D eigenvalue weighted by Crippen LogP contribution is 2.24. The molecule has 0 amide bonds. The van der Waals surface area contributed by atoms with E-state index in [2.05, 4.69) is 54.3 Å². The molecule has 1 rings (SSSR count). The van der Waals surface area contributed by atoms with Crippen LogP contribution in [0, 0.1) is 5.92 Å². The summed E-state index contributed by atoms with van der Waals surface area (Å²) in [6.45, 7) is 4.57. The monoisotopic (exact) mass is 289 g/mol. The number of thiophene rings is 1. The van der Waals surface area contributed by atoms with Crippen molar-refractivity contribution in [3.63, 3.8) is 0 Å². The smallest absolute Gasteiger partial charge is 0.0701 e. The third-order valence-electron chi connectivity index (χ3n) is 2.53. The van der Waals surface area contributed by atoms with E-state index >= 15 is 0 Å². The highest BCUT2D eigenvalue weighted by molar-refractivity contribution is 9.11. The van der Waals surface area contributed by atoms with Crippen molar-refractivity contribution in [3.8, 4) is 0 Å². The molecular weight excluding hydrogens is 270 g/mol. The second-order valence-corrected chi connectivity index (χ2v) is 6.91. The average molecular weight is 290 g/mol. The van der Waals surface area contributed by atoms with Crippen LogP contribution in [0.15, 0.2) is 15.9 Å². The lowest BCUT2D eigenvalue weighted by Crippen LogP contribution is -2.27. The molecule has 1 unspecified atom stereocenters. The van der Waals surface area contributed by atoms with Crippen molar-refractivity contribution in [2.45, 2.75) is 39.2 Å². The molecule has 0 saturated carbocycles. The van der Waals surface area contributed by atoms with Gasteiger partial charge in [-0.2, -0.15) is 0 Å². The molecule has 0 aliphatic carbocycles.